The zero-order valence-electron chi connectivity index (χ0n) is 12.1. The summed E-state index contributed by atoms with van der Waals surface area (Å²) in [6, 6.07) is 8.62. The molecule has 0 aliphatic carbocycles. The van der Waals surface area contributed by atoms with Gasteiger partial charge in [-0.2, -0.15) is 0 Å². The smallest absolute Gasteiger partial charge is 0.230 e. The van der Waals surface area contributed by atoms with Crippen LogP contribution in [0.15, 0.2) is 33.2 Å². The number of aryl methyl sites for hydroxylation is 1. The molecule has 0 spiro atoms. The summed E-state index contributed by atoms with van der Waals surface area (Å²) < 4.78 is 6.64. The summed E-state index contributed by atoms with van der Waals surface area (Å²) in [5.41, 5.74) is 1.28. The second-order valence-electron chi connectivity index (χ2n) is 4.88. The average molecular weight is 338 g/mol. The van der Waals surface area contributed by atoms with Crippen molar-refractivity contribution < 1.29 is 4.42 Å². The highest BCUT2D eigenvalue weighted by molar-refractivity contribution is 9.10. The van der Waals surface area contributed by atoms with Crippen LogP contribution in [0.4, 0.5) is 0 Å². The van der Waals surface area contributed by atoms with Crippen molar-refractivity contribution in [1.29, 1.82) is 0 Å². The molecule has 1 aromatic heterocycles. The van der Waals surface area contributed by atoms with E-state index in [0.717, 1.165) is 17.4 Å². The van der Waals surface area contributed by atoms with Crippen LogP contribution in [0.2, 0.25) is 0 Å². The predicted octanol–water partition coefficient (Wildman–Crippen LogP) is 4.11. The van der Waals surface area contributed by atoms with Crippen molar-refractivity contribution in [2.24, 2.45) is 0 Å². The molecule has 0 bridgehead atoms. The number of hydrogen-bond donors (Lipinski definition) is 0. The summed E-state index contributed by atoms with van der Waals surface area (Å²) in [7, 11) is 0. The Morgan fingerprint density at radius 1 is 1.30 bits per heavy atom. The highest BCUT2D eigenvalue weighted by atomic mass is 79.9. The first-order valence-electron chi connectivity index (χ1n) is 6.89. The van der Waals surface area contributed by atoms with E-state index in [2.05, 4.69) is 63.1 Å². The van der Waals surface area contributed by atoms with Crippen LogP contribution in [0.25, 0.3) is 0 Å². The Morgan fingerprint density at radius 2 is 2.05 bits per heavy atom. The van der Waals surface area contributed by atoms with E-state index in [9.17, 15) is 0 Å². The Balaban J connectivity index is 2.17. The van der Waals surface area contributed by atoms with Gasteiger partial charge in [-0.05, 0) is 31.5 Å². The van der Waals surface area contributed by atoms with Crippen LogP contribution >= 0.6 is 15.9 Å². The molecule has 4 nitrogen and oxygen atoms in total. The van der Waals surface area contributed by atoms with Gasteiger partial charge in [0.1, 0.15) is 0 Å². The molecule has 2 rings (SSSR count). The van der Waals surface area contributed by atoms with Gasteiger partial charge < -0.3 is 4.42 Å². The molecule has 1 aromatic carbocycles. The van der Waals surface area contributed by atoms with Gasteiger partial charge in [-0.1, -0.05) is 41.1 Å². The monoisotopic (exact) mass is 337 g/mol. The fourth-order valence-corrected chi connectivity index (χ4v) is 2.90. The van der Waals surface area contributed by atoms with Gasteiger partial charge in [-0.25, -0.2) is 0 Å². The van der Waals surface area contributed by atoms with Crippen molar-refractivity contribution in [2.45, 2.75) is 39.8 Å². The first kappa shape index (κ1) is 15.2. The number of benzene rings is 1. The van der Waals surface area contributed by atoms with E-state index in [-0.39, 0.29) is 6.04 Å². The third-order valence-corrected chi connectivity index (χ3v) is 4.04. The van der Waals surface area contributed by atoms with Crippen LogP contribution in [0.1, 0.15) is 43.7 Å². The molecule has 0 amide bonds. The van der Waals surface area contributed by atoms with Crippen molar-refractivity contribution in [3.8, 4) is 0 Å². The first-order valence-corrected chi connectivity index (χ1v) is 7.68. The number of nitrogens with zero attached hydrogens (tertiary/aromatic N) is 3. The van der Waals surface area contributed by atoms with Gasteiger partial charge >= 0.3 is 0 Å². The molecule has 5 heteroatoms. The molecule has 108 valence electrons. The van der Waals surface area contributed by atoms with Gasteiger partial charge in [0.25, 0.3) is 0 Å². The molecule has 0 fully saturated rings. The molecule has 0 saturated carbocycles. The van der Waals surface area contributed by atoms with E-state index >= 15 is 0 Å². The number of halogens is 1. The SMILES string of the molecule is CCCN(Cc1nnc(C)o1)C(C)c1ccccc1Br. The van der Waals surface area contributed by atoms with Crippen molar-refractivity contribution in [2.75, 3.05) is 6.54 Å². The van der Waals surface area contributed by atoms with E-state index in [1.165, 1.54) is 5.56 Å². The molecular formula is C15H20BrN3O. The van der Waals surface area contributed by atoms with Crippen molar-refractivity contribution >= 4 is 15.9 Å². The topological polar surface area (TPSA) is 42.2 Å². The van der Waals surface area contributed by atoms with Gasteiger partial charge in [0.05, 0.1) is 6.54 Å². The van der Waals surface area contributed by atoms with Crippen LogP contribution < -0.4 is 0 Å². The van der Waals surface area contributed by atoms with Crippen LogP contribution in [0, 0.1) is 6.92 Å². The number of aromatic nitrogens is 2. The fraction of sp³-hybridized carbons (Fsp3) is 0.467. The summed E-state index contributed by atoms with van der Waals surface area (Å²) >= 11 is 3.63. The lowest BCUT2D eigenvalue weighted by molar-refractivity contribution is 0.181. The number of hydrogen-bond acceptors (Lipinski definition) is 4. The van der Waals surface area contributed by atoms with Crippen LogP contribution in [0.5, 0.6) is 0 Å². The molecule has 20 heavy (non-hydrogen) atoms. The van der Waals surface area contributed by atoms with Crippen LogP contribution in [-0.4, -0.2) is 21.6 Å². The fourth-order valence-electron chi connectivity index (χ4n) is 2.28. The minimum atomic E-state index is 0.290. The van der Waals surface area contributed by atoms with E-state index in [1.54, 1.807) is 0 Å². The van der Waals surface area contributed by atoms with E-state index in [1.807, 2.05) is 13.0 Å². The van der Waals surface area contributed by atoms with Gasteiger partial charge in [0, 0.05) is 17.4 Å². The van der Waals surface area contributed by atoms with E-state index < -0.39 is 0 Å². The van der Waals surface area contributed by atoms with Gasteiger partial charge in [-0.15, -0.1) is 10.2 Å². The third kappa shape index (κ3) is 3.67. The molecule has 1 heterocycles. The zero-order chi connectivity index (χ0) is 14.5. The van der Waals surface area contributed by atoms with Crippen molar-refractivity contribution in [3.05, 3.63) is 46.1 Å². The molecular weight excluding hydrogens is 318 g/mol. The molecule has 0 aliphatic rings. The highest BCUT2D eigenvalue weighted by Crippen LogP contribution is 2.28. The number of rotatable bonds is 6. The Labute approximate surface area is 128 Å². The van der Waals surface area contributed by atoms with Gasteiger partial charge in [-0.3, -0.25) is 4.90 Å². The normalized spacial score (nSPS) is 12.8. The summed E-state index contributed by atoms with van der Waals surface area (Å²) in [5.74, 6) is 1.29. The van der Waals surface area contributed by atoms with Crippen molar-refractivity contribution in [1.82, 2.24) is 15.1 Å². The lowest BCUT2D eigenvalue weighted by atomic mass is 10.1. The van der Waals surface area contributed by atoms with E-state index in [4.69, 9.17) is 4.42 Å². The minimum absolute atomic E-state index is 0.290. The average Bonchev–Trinajstić information content (AvgIpc) is 2.83. The van der Waals surface area contributed by atoms with Crippen LogP contribution in [0.3, 0.4) is 0 Å². The molecule has 1 atom stereocenters. The minimum Gasteiger partial charge on any atom is -0.424 e. The molecule has 2 aromatic rings. The second kappa shape index (κ2) is 6.99. The van der Waals surface area contributed by atoms with Gasteiger partial charge in [0.2, 0.25) is 11.8 Å². The predicted molar refractivity (Wildman–Crippen MR) is 82.3 cm³/mol. The lowest BCUT2D eigenvalue weighted by Crippen LogP contribution is -2.28. The molecule has 1 unspecified atom stereocenters. The molecule has 0 radical (unpaired) electrons. The van der Waals surface area contributed by atoms with E-state index in [0.29, 0.717) is 18.3 Å². The standard InChI is InChI=1S/C15H20BrN3O/c1-4-9-19(10-15-18-17-12(3)20-15)11(2)13-7-5-6-8-14(13)16/h5-8,11H,4,9-10H2,1-3H3. The maximum atomic E-state index is 5.50. The maximum absolute atomic E-state index is 5.50. The molecule has 0 aliphatic heterocycles. The Morgan fingerprint density at radius 3 is 2.65 bits per heavy atom. The molecule has 0 saturated heterocycles. The Hall–Kier alpha value is -1.20. The summed E-state index contributed by atoms with van der Waals surface area (Å²) in [5, 5.41) is 7.99. The molecule has 0 N–H and O–H groups in total. The largest absolute Gasteiger partial charge is 0.424 e. The third-order valence-electron chi connectivity index (χ3n) is 3.32. The quantitative estimate of drug-likeness (QED) is 0.795. The summed E-state index contributed by atoms with van der Waals surface area (Å²) in [6.07, 6.45) is 1.09. The lowest BCUT2D eigenvalue weighted by Gasteiger charge is -2.28. The van der Waals surface area contributed by atoms with Crippen molar-refractivity contribution in [3.63, 3.8) is 0 Å². The Kier molecular flexibility index (Phi) is 5.31. The second-order valence-corrected chi connectivity index (χ2v) is 5.74. The van der Waals surface area contributed by atoms with Crippen LogP contribution in [-0.2, 0) is 6.54 Å². The summed E-state index contributed by atoms with van der Waals surface area (Å²) in [4.78, 5) is 2.35. The van der Waals surface area contributed by atoms with Gasteiger partial charge in [0.15, 0.2) is 0 Å². The Bertz CT molecular complexity index is 556. The maximum Gasteiger partial charge on any atom is 0.230 e. The summed E-state index contributed by atoms with van der Waals surface area (Å²) in [6.45, 7) is 7.87. The highest BCUT2D eigenvalue weighted by Gasteiger charge is 2.19. The zero-order valence-corrected chi connectivity index (χ0v) is 13.7. The first-order chi connectivity index (χ1) is 9.61.